The largest absolute Gasteiger partial charge is 0.391 e. The van der Waals surface area contributed by atoms with E-state index < -0.39 is 29.8 Å². The van der Waals surface area contributed by atoms with E-state index in [1.165, 1.54) is 0 Å². The molecule has 0 radical (unpaired) electrons. The van der Waals surface area contributed by atoms with E-state index in [1.807, 2.05) is 0 Å². The summed E-state index contributed by atoms with van der Waals surface area (Å²) in [6.07, 6.45) is 1.24. The maximum absolute atomic E-state index is 12.7. The molecule has 2 saturated carbocycles. The Morgan fingerprint density at radius 2 is 1.82 bits per heavy atom. The fraction of sp³-hybridized carbons (Fsp3) is 0.933. The molecule has 7 heteroatoms. The lowest BCUT2D eigenvalue weighted by Crippen LogP contribution is -2.50. The molecule has 0 heterocycles. The lowest BCUT2D eigenvalue weighted by atomic mass is 9.85. The van der Waals surface area contributed by atoms with Crippen LogP contribution in [-0.4, -0.2) is 35.5 Å². The highest BCUT2D eigenvalue weighted by atomic mass is 19.4. The molecule has 2 aliphatic carbocycles. The number of hydrogen-bond acceptors (Lipinski definition) is 2. The minimum Gasteiger partial charge on any atom is -0.388 e. The van der Waals surface area contributed by atoms with Gasteiger partial charge in [-0.1, -0.05) is 25.7 Å². The van der Waals surface area contributed by atoms with Crippen molar-refractivity contribution in [1.29, 1.82) is 0 Å². The Balaban J connectivity index is 1.74. The van der Waals surface area contributed by atoms with Gasteiger partial charge in [0.2, 0.25) is 0 Å². The summed E-state index contributed by atoms with van der Waals surface area (Å²) in [4.78, 5) is 11.8. The van der Waals surface area contributed by atoms with E-state index in [2.05, 4.69) is 10.6 Å². The molecule has 0 saturated heterocycles. The smallest absolute Gasteiger partial charge is 0.388 e. The van der Waals surface area contributed by atoms with Crippen LogP contribution in [-0.2, 0) is 0 Å². The van der Waals surface area contributed by atoms with Crippen molar-refractivity contribution in [3.05, 3.63) is 0 Å². The third-order valence-electron chi connectivity index (χ3n) is 4.83. The number of halogens is 3. The summed E-state index contributed by atoms with van der Waals surface area (Å²) in [5.74, 6) is -1.32. The lowest BCUT2D eigenvalue weighted by Gasteiger charge is -2.33. The van der Waals surface area contributed by atoms with Crippen molar-refractivity contribution < 1.29 is 23.1 Å². The van der Waals surface area contributed by atoms with E-state index in [0.717, 1.165) is 19.3 Å². The van der Waals surface area contributed by atoms with Gasteiger partial charge in [-0.15, -0.1) is 0 Å². The number of carbonyl (C=O) groups is 1. The second kappa shape index (κ2) is 7.06. The molecule has 3 N–H and O–H groups in total. The molecule has 2 fully saturated rings. The van der Waals surface area contributed by atoms with Gasteiger partial charge in [0.05, 0.1) is 11.5 Å². The summed E-state index contributed by atoms with van der Waals surface area (Å²) in [6, 6.07) is -0.923. The van der Waals surface area contributed by atoms with Gasteiger partial charge < -0.3 is 15.7 Å². The molecule has 128 valence electrons. The molecule has 2 rings (SSSR count). The zero-order valence-electron chi connectivity index (χ0n) is 12.7. The first-order chi connectivity index (χ1) is 10.3. The van der Waals surface area contributed by atoms with Crippen molar-refractivity contribution in [1.82, 2.24) is 10.6 Å². The van der Waals surface area contributed by atoms with Crippen LogP contribution < -0.4 is 10.6 Å². The number of hydrogen-bond donors (Lipinski definition) is 3. The highest BCUT2D eigenvalue weighted by molar-refractivity contribution is 5.74. The predicted octanol–water partition coefficient (Wildman–Crippen LogP) is 3.10. The van der Waals surface area contributed by atoms with E-state index in [9.17, 15) is 23.1 Å². The highest BCUT2D eigenvalue weighted by Crippen LogP contribution is 2.37. The Bertz CT molecular complexity index is 381. The standard InChI is InChI=1S/C15H25F3N2O2/c16-15(17,18)11-5-4-6-12(9-11)20-13(21)19-10-14(22)7-2-1-3-8-14/h11-12,22H,1-10H2,(H2,19,20,21). The first kappa shape index (κ1) is 17.4. The fourth-order valence-electron chi connectivity index (χ4n) is 3.49. The maximum atomic E-state index is 12.7. The summed E-state index contributed by atoms with van der Waals surface area (Å²) in [5, 5.41) is 15.5. The van der Waals surface area contributed by atoms with Crippen LogP contribution in [0.2, 0.25) is 0 Å². The average Bonchev–Trinajstić information content (AvgIpc) is 2.46. The van der Waals surface area contributed by atoms with Gasteiger partial charge in [0.15, 0.2) is 0 Å². The molecule has 0 aromatic carbocycles. The summed E-state index contributed by atoms with van der Waals surface area (Å²) in [7, 11) is 0. The molecular formula is C15H25F3N2O2. The van der Waals surface area contributed by atoms with Crippen LogP contribution >= 0.6 is 0 Å². The lowest BCUT2D eigenvalue weighted by molar-refractivity contribution is -0.183. The molecule has 2 amide bonds. The van der Waals surface area contributed by atoms with Gasteiger partial charge >= 0.3 is 12.2 Å². The molecule has 0 bridgehead atoms. The van der Waals surface area contributed by atoms with Gasteiger partial charge in [0.1, 0.15) is 0 Å². The van der Waals surface area contributed by atoms with E-state index in [-0.39, 0.29) is 19.4 Å². The van der Waals surface area contributed by atoms with Crippen LogP contribution in [0.3, 0.4) is 0 Å². The zero-order chi connectivity index (χ0) is 16.2. The Morgan fingerprint density at radius 1 is 1.14 bits per heavy atom. The van der Waals surface area contributed by atoms with Crippen LogP contribution in [0.15, 0.2) is 0 Å². The topological polar surface area (TPSA) is 61.4 Å². The number of urea groups is 1. The monoisotopic (exact) mass is 322 g/mol. The number of nitrogens with one attached hydrogen (secondary N) is 2. The Kier molecular flexibility index (Phi) is 5.58. The Labute approximate surface area is 128 Å². The molecule has 2 unspecified atom stereocenters. The van der Waals surface area contributed by atoms with Crippen LogP contribution in [0.4, 0.5) is 18.0 Å². The summed E-state index contributed by atoms with van der Waals surface area (Å²) in [5.41, 5.74) is -0.864. The number of amides is 2. The molecule has 0 spiro atoms. The van der Waals surface area contributed by atoms with E-state index in [0.29, 0.717) is 25.7 Å². The third kappa shape index (κ3) is 5.04. The van der Waals surface area contributed by atoms with Crippen molar-refractivity contribution in [3.8, 4) is 0 Å². The first-order valence-electron chi connectivity index (χ1n) is 8.12. The van der Waals surface area contributed by atoms with Gasteiger partial charge in [-0.3, -0.25) is 0 Å². The van der Waals surface area contributed by atoms with Crippen molar-refractivity contribution in [2.24, 2.45) is 5.92 Å². The van der Waals surface area contributed by atoms with Crippen LogP contribution in [0.5, 0.6) is 0 Å². The summed E-state index contributed by atoms with van der Waals surface area (Å²) < 4.78 is 38.2. The molecule has 0 aromatic rings. The molecule has 0 aromatic heterocycles. The van der Waals surface area contributed by atoms with E-state index >= 15 is 0 Å². The van der Waals surface area contributed by atoms with Gasteiger partial charge in [-0.2, -0.15) is 13.2 Å². The van der Waals surface area contributed by atoms with Crippen molar-refractivity contribution in [2.75, 3.05) is 6.54 Å². The molecule has 0 aliphatic heterocycles. The van der Waals surface area contributed by atoms with Gasteiger partial charge in [-0.25, -0.2) is 4.79 Å². The zero-order valence-corrected chi connectivity index (χ0v) is 12.7. The Hall–Kier alpha value is -0.980. The average molecular weight is 322 g/mol. The number of rotatable bonds is 3. The number of carbonyl (C=O) groups excluding carboxylic acids is 1. The van der Waals surface area contributed by atoms with Crippen molar-refractivity contribution >= 4 is 6.03 Å². The van der Waals surface area contributed by atoms with Crippen LogP contribution in [0.1, 0.15) is 57.8 Å². The SMILES string of the molecule is O=C(NCC1(O)CCCCC1)NC1CCCC(C(F)(F)F)C1. The van der Waals surface area contributed by atoms with Crippen LogP contribution in [0, 0.1) is 5.92 Å². The molecule has 2 atom stereocenters. The van der Waals surface area contributed by atoms with Crippen LogP contribution in [0.25, 0.3) is 0 Å². The molecule has 22 heavy (non-hydrogen) atoms. The van der Waals surface area contributed by atoms with Gasteiger partial charge in [0, 0.05) is 12.6 Å². The quantitative estimate of drug-likeness (QED) is 0.748. The van der Waals surface area contributed by atoms with E-state index in [1.54, 1.807) is 0 Å². The maximum Gasteiger partial charge on any atom is 0.391 e. The number of alkyl halides is 3. The number of aliphatic hydroxyl groups is 1. The summed E-state index contributed by atoms with van der Waals surface area (Å²) in [6.45, 7) is 0.161. The normalized spacial score (nSPS) is 28.9. The summed E-state index contributed by atoms with van der Waals surface area (Å²) >= 11 is 0. The molecular weight excluding hydrogens is 297 g/mol. The third-order valence-corrected chi connectivity index (χ3v) is 4.83. The van der Waals surface area contributed by atoms with E-state index in [4.69, 9.17) is 0 Å². The van der Waals surface area contributed by atoms with Gasteiger partial charge in [-0.05, 0) is 32.1 Å². The molecule has 2 aliphatic rings. The fourth-order valence-corrected chi connectivity index (χ4v) is 3.49. The second-order valence-electron chi connectivity index (χ2n) is 6.71. The predicted molar refractivity (Wildman–Crippen MR) is 76.4 cm³/mol. The minimum atomic E-state index is -4.19. The second-order valence-corrected chi connectivity index (χ2v) is 6.71. The Morgan fingerprint density at radius 3 is 2.45 bits per heavy atom. The first-order valence-corrected chi connectivity index (χ1v) is 8.12. The molecule has 4 nitrogen and oxygen atoms in total. The highest BCUT2D eigenvalue weighted by Gasteiger charge is 2.42. The minimum absolute atomic E-state index is 0.0544. The van der Waals surface area contributed by atoms with Crippen molar-refractivity contribution in [3.63, 3.8) is 0 Å². The van der Waals surface area contributed by atoms with Gasteiger partial charge in [0.25, 0.3) is 0 Å². The van der Waals surface area contributed by atoms with Crippen molar-refractivity contribution in [2.45, 2.75) is 75.6 Å².